The molecule has 1 aromatic heterocycles. The Bertz CT molecular complexity index is 853. The molecule has 0 saturated heterocycles. The Hall–Kier alpha value is -3.05. The van der Waals surface area contributed by atoms with Crippen molar-refractivity contribution >= 4 is 23.6 Å². The molecule has 140 valence electrons. The minimum absolute atomic E-state index is 0.0301. The highest BCUT2D eigenvalue weighted by Gasteiger charge is 2.23. The summed E-state index contributed by atoms with van der Waals surface area (Å²) in [6.45, 7) is 3.22. The van der Waals surface area contributed by atoms with Crippen molar-refractivity contribution in [1.82, 2.24) is 10.3 Å². The summed E-state index contributed by atoms with van der Waals surface area (Å²) >= 11 is 1.59. The van der Waals surface area contributed by atoms with Gasteiger partial charge in [-0.25, -0.2) is 9.78 Å². The molecule has 0 fully saturated rings. The van der Waals surface area contributed by atoms with E-state index < -0.39 is 5.97 Å². The summed E-state index contributed by atoms with van der Waals surface area (Å²) in [5.74, 6) is -0.517. The van der Waals surface area contributed by atoms with Crippen molar-refractivity contribution in [3.63, 3.8) is 0 Å². The number of nitriles is 1. The molecule has 1 amide bonds. The molecule has 0 radical (unpaired) electrons. The third kappa shape index (κ3) is 5.72. The lowest BCUT2D eigenvalue weighted by molar-refractivity contribution is -0.121. The van der Waals surface area contributed by atoms with E-state index in [2.05, 4.69) is 16.9 Å². The maximum atomic E-state index is 12.2. The molecule has 8 heteroatoms. The van der Waals surface area contributed by atoms with Gasteiger partial charge in [0, 0.05) is 16.9 Å². The summed E-state index contributed by atoms with van der Waals surface area (Å²) in [6, 6.07) is 9.14. The van der Waals surface area contributed by atoms with Gasteiger partial charge in [0.15, 0.2) is 18.1 Å². The molecule has 2 aromatic rings. The normalized spacial score (nSPS) is 10.1. The molecule has 0 atom stereocenters. The molecule has 0 spiro atoms. The van der Waals surface area contributed by atoms with Gasteiger partial charge in [0.2, 0.25) is 11.8 Å². The second-order valence-corrected chi connectivity index (χ2v) is 6.23. The van der Waals surface area contributed by atoms with Gasteiger partial charge in [-0.15, -0.1) is 18.3 Å². The first-order valence-corrected chi connectivity index (χ1v) is 9.37. The number of hydrogen-bond acceptors (Lipinski definition) is 7. The number of rotatable bonds is 9. The van der Waals surface area contributed by atoms with Crippen molar-refractivity contribution in [1.29, 1.82) is 5.26 Å². The minimum Gasteiger partial charge on any atom is -0.445 e. The molecule has 0 unspecified atom stereocenters. The van der Waals surface area contributed by atoms with Crippen LogP contribution in [-0.2, 0) is 16.1 Å². The third-order valence-electron chi connectivity index (χ3n) is 3.50. The van der Waals surface area contributed by atoms with Gasteiger partial charge >= 0.3 is 5.97 Å². The standard InChI is InChI=1S/C19H19N3O4S/c1-3-4-5-15(23)21-12-16-22-17(19(24)25-11-10-20)18(26-16)13-6-8-14(27-2)9-7-13/h3,6-9H,1,4-5,11-12H2,2H3,(H,21,23). The summed E-state index contributed by atoms with van der Waals surface area (Å²) in [4.78, 5) is 29.1. The average Bonchev–Trinajstić information content (AvgIpc) is 3.13. The Morgan fingerprint density at radius 1 is 1.41 bits per heavy atom. The predicted molar refractivity (Wildman–Crippen MR) is 101 cm³/mol. The van der Waals surface area contributed by atoms with Crippen molar-refractivity contribution in [2.75, 3.05) is 12.9 Å². The molecule has 0 bridgehead atoms. The number of thioether (sulfide) groups is 1. The fraction of sp³-hybridized carbons (Fsp3) is 0.263. The Balaban J connectivity index is 2.25. The maximum absolute atomic E-state index is 12.2. The maximum Gasteiger partial charge on any atom is 0.362 e. The Morgan fingerprint density at radius 3 is 2.78 bits per heavy atom. The molecule has 1 N–H and O–H groups in total. The predicted octanol–water partition coefficient (Wildman–Crippen LogP) is 3.33. The number of oxazole rings is 1. The van der Waals surface area contributed by atoms with Crippen LogP contribution in [-0.4, -0.2) is 29.7 Å². The van der Waals surface area contributed by atoms with E-state index in [9.17, 15) is 9.59 Å². The van der Waals surface area contributed by atoms with Crippen LogP contribution in [0.1, 0.15) is 29.2 Å². The second kappa shape index (κ2) is 10.2. The minimum atomic E-state index is -0.756. The van der Waals surface area contributed by atoms with E-state index in [0.29, 0.717) is 18.4 Å². The number of aromatic nitrogens is 1. The van der Waals surface area contributed by atoms with E-state index in [1.54, 1.807) is 36.0 Å². The number of nitrogens with zero attached hydrogens (tertiary/aromatic N) is 2. The first-order valence-electron chi connectivity index (χ1n) is 8.14. The lowest BCUT2D eigenvalue weighted by Gasteiger charge is -2.02. The topological polar surface area (TPSA) is 105 Å². The van der Waals surface area contributed by atoms with Gasteiger partial charge in [0.05, 0.1) is 6.54 Å². The summed E-state index contributed by atoms with van der Waals surface area (Å²) in [5, 5.41) is 11.3. The molecule has 27 heavy (non-hydrogen) atoms. The zero-order valence-corrected chi connectivity index (χ0v) is 15.7. The van der Waals surface area contributed by atoms with Crippen LogP contribution in [0.4, 0.5) is 0 Å². The van der Waals surface area contributed by atoms with Gasteiger partial charge in [-0.05, 0) is 24.8 Å². The van der Waals surface area contributed by atoms with E-state index >= 15 is 0 Å². The van der Waals surface area contributed by atoms with Crippen LogP contribution in [0.2, 0.25) is 0 Å². The van der Waals surface area contributed by atoms with Crippen molar-refractivity contribution in [3.05, 3.63) is 48.5 Å². The third-order valence-corrected chi connectivity index (χ3v) is 4.24. The smallest absolute Gasteiger partial charge is 0.362 e. The molecule has 1 heterocycles. The van der Waals surface area contributed by atoms with E-state index in [0.717, 1.165) is 4.90 Å². The van der Waals surface area contributed by atoms with Crippen molar-refractivity contribution in [3.8, 4) is 17.4 Å². The quantitative estimate of drug-likeness (QED) is 0.401. The molecule has 0 aliphatic carbocycles. The SMILES string of the molecule is C=CCCC(=O)NCc1nc(C(=O)OCC#N)c(-c2ccc(SC)cc2)o1. The monoisotopic (exact) mass is 385 g/mol. The molecule has 0 aliphatic rings. The summed E-state index contributed by atoms with van der Waals surface area (Å²) < 4.78 is 10.5. The largest absolute Gasteiger partial charge is 0.445 e. The first-order chi connectivity index (χ1) is 13.1. The van der Waals surface area contributed by atoms with Crippen LogP contribution in [0.15, 0.2) is 46.2 Å². The van der Waals surface area contributed by atoms with Crippen molar-refractivity contribution in [2.24, 2.45) is 0 Å². The average molecular weight is 385 g/mol. The number of ether oxygens (including phenoxy) is 1. The number of esters is 1. The highest BCUT2D eigenvalue weighted by atomic mass is 32.2. The van der Waals surface area contributed by atoms with E-state index in [1.165, 1.54) is 0 Å². The zero-order valence-electron chi connectivity index (χ0n) is 14.9. The van der Waals surface area contributed by atoms with E-state index in [1.807, 2.05) is 18.4 Å². The lowest BCUT2D eigenvalue weighted by atomic mass is 10.1. The molecule has 7 nitrogen and oxygen atoms in total. The van der Waals surface area contributed by atoms with Gasteiger partial charge in [-0.1, -0.05) is 18.2 Å². The highest BCUT2D eigenvalue weighted by Crippen LogP contribution is 2.27. The molecular weight excluding hydrogens is 366 g/mol. The highest BCUT2D eigenvalue weighted by molar-refractivity contribution is 7.98. The molecule has 0 aliphatic heterocycles. The van der Waals surface area contributed by atoms with Crippen LogP contribution in [0.25, 0.3) is 11.3 Å². The van der Waals surface area contributed by atoms with Crippen LogP contribution in [0.5, 0.6) is 0 Å². The van der Waals surface area contributed by atoms with Crippen LogP contribution < -0.4 is 5.32 Å². The molecule has 1 aromatic carbocycles. The summed E-state index contributed by atoms with van der Waals surface area (Å²) in [6.07, 6.45) is 4.49. The van der Waals surface area contributed by atoms with Gasteiger partial charge < -0.3 is 14.5 Å². The Morgan fingerprint density at radius 2 is 2.15 bits per heavy atom. The summed E-state index contributed by atoms with van der Waals surface area (Å²) in [7, 11) is 0. The van der Waals surface area contributed by atoms with Gasteiger partial charge in [0.25, 0.3) is 0 Å². The molecule has 2 rings (SSSR count). The fourth-order valence-electron chi connectivity index (χ4n) is 2.18. The van der Waals surface area contributed by atoms with Crippen LogP contribution >= 0.6 is 11.8 Å². The number of benzene rings is 1. The van der Waals surface area contributed by atoms with Gasteiger partial charge in [-0.2, -0.15) is 5.26 Å². The Kier molecular flexibility index (Phi) is 7.64. The summed E-state index contributed by atoms with van der Waals surface area (Å²) in [5.41, 5.74) is 0.617. The van der Waals surface area contributed by atoms with Crippen molar-refractivity contribution < 1.29 is 18.7 Å². The first kappa shape index (κ1) is 20.3. The zero-order chi connectivity index (χ0) is 19.6. The lowest BCUT2D eigenvalue weighted by Crippen LogP contribution is -2.22. The number of nitrogens with one attached hydrogen (secondary N) is 1. The van der Waals surface area contributed by atoms with Gasteiger partial charge in [-0.3, -0.25) is 4.79 Å². The fourth-order valence-corrected chi connectivity index (χ4v) is 2.59. The van der Waals surface area contributed by atoms with Gasteiger partial charge in [0.1, 0.15) is 6.07 Å². The second-order valence-electron chi connectivity index (χ2n) is 5.35. The number of carbonyl (C=O) groups is 2. The number of allylic oxidation sites excluding steroid dienone is 1. The molecule has 0 saturated carbocycles. The molecular formula is C19H19N3O4S. The Labute approximate surface area is 161 Å². The number of carbonyl (C=O) groups excluding carboxylic acids is 2. The number of amides is 1. The van der Waals surface area contributed by atoms with E-state index in [4.69, 9.17) is 14.4 Å². The van der Waals surface area contributed by atoms with Crippen LogP contribution in [0, 0.1) is 11.3 Å². The van der Waals surface area contributed by atoms with Crippen LogP contribution in [0.3, 0.4) is 0 Å². The number of hydrogen-bond donors (Lipinski definition) is 1. The van der Waals surface area contributed by atoms with E-state index in [-0.39, 0.29) is 36.4 Å². The van der Waals surface area contributed by atoms with Crippen molar-refractivity contribution in [2.45, 2.75) is 24.3 Å².